The summed E-state index contributed by atoms with van der Waals surface area (Å²) in [7, 11) is 0. The molecule has 0 amide bonds. The molecule has 3 aromatic rings. The molecule has 2 bridgehead atoms. The molecule has 1 saturated carbocycles. The molecule has 1 aliphatic heterocycles. The quantitative estimate of drug-likeness (QED) is 0.532. The molecule has 12 heteroatoms. The van der Waals surface area contributed by atoms with Crippen molar-refractivity contribution in [3.8, 4) is 11.8 Å². The molecular formula is C22H23ClF3N7O. The Bertz CT molecular complexity index is 1160. The first-order valence-electron chi connectivity index (χ1n) is 11.0. The lowest BCUT2D eigenvalue weighted by Crippen LogP contribution is -2.48. The minimum Gasteiger partial charge on any atom is -0.424 e. The molecule has 3 atom stereocenters. The zero-order valence-electron chi connectivity index (χ0n) is 18.3. The Morgan fingerprint density at radius 2 is 1.91 bits per heavy atom. The normalized spacial score (nSPS) is 22.1. The number of nitrogens with one attached hydrogen (secondary N) is 1. The molecule has 1 N–H and O–H groups in total. The van der Waals surface area contributed by atoms with Gasteiger partial charge in [-0.05, 0) is 49.8 Å². The Labute approximate surface area is 199 Å². The SMILES string of the molecule is Cc1cc(N2C[C@H]3CC[C@@H](C2)[C@H]3Nc2nc(Oc3cccc(Cl)c3)n(CC(F)(F)F)n2)ncn1. The van der Waals surface area contributed by atoms with Crippen molar-refractivity contribution in [3.05, 3.63) is 47.4 Å². The summed E-state index contributed by atoms with van der Waals surface area (Å²) in [5, 5.41) is 7.77. The predicted octanol–water partition coefficient (Wildman–Crippen LogP) is 4.71. The van der Waals surface area contributed by atoms with Crippen LogP contribution in [0.5, 0.6) is 11.8 Å². The van der Waals surface area contributed by atoms with Crippen LogP contribution in [0.25, 0.3) is 0 Å². The summed E-state index contributed by atoms with van der Waals surface area (Å²) in [6.45, 7) is 2.20. The number of fused-ring (bicyclic) bond motifs is 2. The molecule has 0 spiro atoms. The lowest BCUT2D eigenvalue weighted by atomic mass is 9.92. The zero-order chi connectivity index (χ0) is 23.9. The number of alkyl halides is 3. The number of halogens is 4. The molecule has 1 aliphatic carbocycles. The average Bonchev–Trinajstić information content (AvgIpc) is 3.21. The average molecular weight is 494 g/mol. The highest BCUT2D eigenvalue weighted by Crippen LogP contribution is 2.40. The van der Waals surface area contributed by atoms with Gasteiger partial charge in [0.05, 0.1) is 0 Å². The first-order valence-corrected chi connectivity index (χ1v) is 11.4. The van der Waals surface area contributed by atoms with Crippen LogP contribution in [0.3, 0.4) is 0 Å². The first-order chi connectivity index (χ1) is 16.2. The summed E-state index contributed by atoms with van der Waals surface area (Å²) in [6, 6.07) is 8.16. The Balaban J connectivity index is 1.34. The second-order valence-electron chi connectivity index (χ2n) is 8.74. The number of aryl methyl sites for hydroxylation is 1. The molecule has 180 valence electrons. The summed E-state index contributed by atoms with van der Waals surface area (Å²) in [5.41, 5.74) is 0.907. The molecule has 3 heterocycles. The molecule has 8 nitrogen and oxygen atoms in total. The van der Waals surface area contributed by atoms with Crippen molar-refractivity contribution in [2.45, 2.75) is 38.5 Å². The number of hydrogen-bond acceptors (Lipinski definition) is 7. The highest BCUT2D eigenvalue weighted by molar-refractivity contribution is 6.30. The summed E-state index contributed by atoms with van der Waals surface area (Å²) < 4.78 is 45.8. The predicted molar refractivity (Wildman–Crippen MR) is 120 cm³/mol. The second-order valence-corrected chi connectivity index (χ2v) is 9.18. The van der Waals surface area contributed by atoms with Gasteiger partial charge in [0.1, 0.15) is 24.4 Å². The maximum atomic E-state index is 13.2. The number of ether oxygens (including phenoxy) is 1. The van der Waals surface area contributed by atoms with E-state index in [2.05, 4.69) is 30.3 Å². The molecule has 2 aromatic heterocycles. The van der Waals surface area contributed by atoms with Gasteiger partial charge in [0.15, 0.2) is 0 Å². The van der Waals surface area contributed by atoms with Gasteiger partial charge in [-0.2, -0.15) is 18.2 Å². The Morgan fingerprint density at radius 3 is 2.59 bits per heavy atom. The zero-order valence-corrected chi connectivity index (χ0v) is 19.1. The Hall–Kier alpha value is -3.08. The minimum atomic E-state index is -4.47. The van der Waals surface area contributed by atoms with Crippen molar-refractivity contribution < 1.29 is 17.9 Å². The summed E-state index contributed by atoms with van der Waals surface area (Å²) in [6.07, 6.45) is -0.886. The number of benzene rings is 1. The molecule has 5 rings (SSSR count). The van der Waals surface area contributed by atoms with Gasteiger partial charge in [0.2, 0.25) is 5.95 Å². The third kappa shape index (κ3) is 5.03. The second kappa shape index (κ2) is 8.94. The van der Waals surface area contributed by atoms with E-state index in [4.69, 9.17) is 16.3 Å². The van der Waals surface area contributed by atoms with Crippen molar-refractivity contribution in [3.63, 3.8) is 0 Å². The highest BCUT2D eigenvalue weighted by Gasteiger charge is 2.43. The van der Waals surface area contributed by atoms with Crippen molar-refractivity contribution in [2.75, 3.05) is 23.3 Å². The molecule has 0 unspecified atom stereocenters. The maximum absolute atomic E-state index is 13.2. The fraction of sp³-hybridized carbons (Fsp3) is 0.455. The van der Waals surface area contributed by atoms with E-state index in [0.717, 1.165) is 42.1 Å². The van der Waals surface area contributed by atoms with Crippen LogP contribution in [0, 0.1) is 18.8 Å². The fourth-order valence-corrected chi connectivity index (χ4v) is 4.96. The van der Waals surface area contributed by atoms with E-state index in [1.54, 1.807) is 24.5 Å². The Kier molecular flexibility index (Phi) is 5.97. The van der Waals surface area contributed by atoms with E-state index in [0.29, 0.717) is 16.9 Å². The van der Waals surface area contributed by atoms with Gasteiger partial charge < -0.3 is 15.0 Å². The first kappa shape index (κ1) is 22.7. The molecule has 2 fully saturated rings. The van der Waals surface area contributed by atoms with Crippen LogP contribution >= 0.6 is 11.6 Å². The third-order valence-electron chi connectivity index (χ3n) is 6.21. The van der Waals surface area contributed by atoms with E-state index < -0.39 is 12.7 Å². The molecule has 2 aliphatic rings. The van der Waals surface area contributed by atoms with Gasteiger partial charge in [-0.1, -0.05) is 17.7 Å². The summed E-state index contributed by atoms with van der Waals surface area (Å²) >= 11 is 5.97. The van der Waals surface area contributed by atoms with E-state index in [-0.39, 0.29) is 23.8 Å². The molecule has 1 aromatic carbocycles. The van der Waals surface area contributed by atoms with Crippen LogP contribution in [0.15, 0.2) is 36.7 Å². The number of aromatic nitrogens is 5. The van der Waals surface area contributed by atoms with Gasteiger partial charge in [-0.3, -0.25) is 0 Å². The minimum absolute atomic E-state index is 0.0555. The third-order valence-corrected chi connectivity index (χ3v) is 6.45. The van der Waals surface area contributed by atoms with Gasteiger partial charge in [0.25, 0.3) is 0 Å². The molecular weight excluding hydrogens is 471 g/mol. The fourth-order valence-electron chi connectivity index (χ4n) is 4.78. The van der Waals surface area contributed by atoms with Gasteiger partial charge in [0, 0.05) is 35.9 Å². The van der Waals surface area contributed by atoms with Crippen LogP contribution in [0.4, 0.5) is 24.9 Å². The van der Waals surface area contributed by atoms with Crippen LogP contribution < -0.4 is 15.0 Å². The van der Waals surface area contributed by atoms with Crippen LogP contribution in [-0.2, 0) is 6.54 Å². The number of piperidine rings is 1. The molecule has 34 heavy (non-hydrogen) atoms. The number of hydrogen-bond donors (Lipinski definition) is 1. The van der Waals surface area contributed by atoms with Gasteiger partial charge in [-0.25, -0.2) is 14.6 Å². The largest absolute Gasteiger partial charge is 0.424 e. The highest BCUT2D eigenvalue weighted by atomic mass is 35.5. The van der Waals surface area contributed by atoms with Gasteiger partial charge >= 0.3 is 12.2 Å². The van der Waals surface area contributed by atoms with Gasteiger partial charge in [-0.15, -0.1) is 5.10 Å². The number of anilines is 2. The smallest absolute Gasteiger partial charge is 0.408 e. The van der Waals surface area contributed by atoms with Crippen molar-refractivity contribution in [2.24, 2.45) is 11.8 Å². The monoisotopic (exact) mass is 493 g/mol. The van der Waals surface area contributed by atoms with Crippen LogP contribution in [0.2, 0.25) is 5.02 Å². The lowest BCUT2D eigenvalue weighted by molar-refractivity contribution is -0.143. The van der Waals surface area contributed by atoms with E-state index in [9.17, 15) is 13.2 Å². The Morgan fingerprint density at radius 1 is 1.15 bits per heavy atom. The topological polar surface area (TPSA) is 81.0 Å². The van der Waals surface area contributed by atoms with E-state index in [1.807, 2.05) is 13.0 Å². The van der Waals surface area contributed by atoms with Crippen molar-refractivity contribution in [1.82, 2.24) is 24.7 Å². The van der Waals surface area contributed by atoms with E-state index in [1.165, 1.54) is 6.07 Å². The number of nitrogens with zero attached hydrogens (tertiary/aromatic N) is 6. The lowest BCUT2D eigenvalue weighted by Gasteiger charge is -2.38. The van der Waals surface area contributed by atoms with Crippen LogP contribution in [-0.4, -0.2) is 50.0 Å². The summed E-state index contributed by atoms with van der Waals surface area (Å²) in [5.74, 6) is 1.88. The maximum Gasteiger partial charge on any atom is 0.408 e. The van der Waals surface area contributed by atoms with Crippen molar-refractivity contribution >= 4 is 23.4 Å². The summed E-state index contributed by atoms with van der Waals surface area (Å²) in [4.78, 5) is 15.0. The molecule has 1 saturated heterocycles. The van der Waals surface area contributed by atoms with E-state index >= 15 is 0 Å². The molecule has 0 radical (unpaired) electrons. The van der Waals surface area contributed by atoms with Crippen molar-refractivity contribution in [1.29, 1.82) is 0 Å². The standard InChI is InChI=1S/C22H23ClF3N7O/c1-13-7-18(28-12-27-13)32-9-14-5-6-15(10-32)19(14)29-20-30-21(33(31-20)11-22(24,25)26)34-17-4-2-3-16(23)8-17/h2-4,7-8,12,14-15,19H,5-6,9-11H2,1H3,(H,29,31)/t14-,15+,19+. The van der Waals surface area contributed by atoms with Crippen LogP contribution in [0.1, 0.15) is 18.5 Å². The number of rotatable bonds is 6.